The maximum atomic E-state index is 11.5. The lowest BCUT2D eigenvalue weighted by Crippen LogP contribution is -2.28. The van der Waals surface area contributed by atoms with E-state index in [1.165, 1.54) is 6.07 Å². The van der Waals surface area contributed by atoms with E-state index in [4.69, 9.17) is 5.73 Å². The van der Waals surface area contributed by atoms with Crippen LogP contribution in [0.3, 0.4) is 0 Å². The van der Waals surface area contributed by atoms with Crippen molar-refractivity contribution in [1.82, 2.24) is 9.88 Å². The predicted octanol–water partition coefficient (Wildman–Crippen LogP) is 0.856. The lowest BCUT2D eigenvalue weighted by Gasteiger charge is -2.06. The van der Waals surface area contributed by atoms with Gasteiger partial charge >= 0.3 is 0 Å². The number of aromatic nitrogens is 1. The molecule has 1 rings (SSSR count). The number of nitrogens with one attached hydrogen (secondary N) is 1. The molecule has 18 heavy (non-hydrogen) atoms. The molecule has 0 aliphatic carbocycles. The third kappa shape index (κ3) is 5.46. The summed E-state index contributed by atoms with van der Waals surface area (Å²) in [4.78, 5) is 22.8. The fraction of sp³-hybridized carbons (Fsp3) is 0.500. The number of hydrogen-bond acceptors (Lipinski definition) is 3. The average molecular weight is 316 g/mol. The average Bonchev–Trinajstić information content (AvgIpc) is 2.36. The second kappa shape index (κ2) is 8.05. The van der Waals surface area contributed by atoms with E-state index in [0.717, 1.165) is 17.3 Å². The minimum Gasteiger partial charge on any atom is -0.355 e. The van der Waals surface area contributed by atoms with Gasteiger partial charge in [-0.05, 0) is 34.8 Å². The van der Waals surface area contributed by atoms with E-state index >= 15 is 0 Å². The van der Waals surface area contributed by atoms with Crippen LogP contribution >= 0.6 is 15.9 Å². The number of unbranched alkanes of at least 4 members (excludes halogenated alkanes) is 1. The molecular formula is C12H18BrN3O2. The zero-order valence-electron chi connectivity index (χ0n) is 10.2. The van der Waals surface area contributed by atoms with Crippen molar-refractivity contribution >= 4 is 21.8 Å². The number of pyridine rings is 1. The van der Waals surface area contributed by atoms with E-state index in [0.29, 0.717) is 26.1 Å². The third-order valence-corrected chi connectivity index (χ3v) is 2.94. The molecule has 0 fully saturated rings. The van der Waals surface area contributed by atoms with Crippen LogP contribution in [0.2, 0.25) is 0 Å². The number of amides is 1. The van der Waals surface area contributed by atoms with Gasteiger partial charge in [0, 0.05) is 42.8 Å². The molecule has 1 aromatic heterocycles. The first-order valence-electron chi connectivity index (χ1n) is 5.96. The second-order valence-corrected chi connectivity index (χ2v) is 4.89. The SMILES string of the molecule is NCCNC(=O)CCCCn1cc(Br)ccc1=O. The Labute approximate surface area is 114 Å². The van der Waals surface area contributed by atoms with Crippen molar-refractivity contribution in [1.29, 1.82) is 0 Å². The molecule has 0 spiro atoms. The molecule has 0 saturated heterocycles. The Morgan fingerprint density at radius 2 is 2.17 bits per heavy atom. The van der Waals surface area contributed by atoms with Crippen molar-refractivity contribution in [3.8, 4) is 0 Å². The summed E-state index contributed by atoms with van der Waals surface area (Å²) in [6.45, 7) is 1.60. The van der Waals surface area contributed by atoms with E-state index < -0.39 is 0 Å². The Morgan fingerprint density at radius 1 is 1.39 bits per heavy atom. The van der Waals surface area contributed by atoms with Gasteiger partial charge in [-0.15, -0.1) is 0 Å². The van der Waals surface area contributed by atoms with E-state index in [2.05, 4.69) is 21.2 Å². The summed E-state index contributed by atoms with van der Waals surface area (Å²) in [7, 11) is 0. The topological polar surface area (TPSA) is 77.1 Å². The number of rotatable bonds is 7. The van der Waals surface area contributed by atoms with Crippen LogP contribution in [0.5, 0.6) is 0 Å². The van der Waals surface area contributed by atoms with Gasteiger partial charge in [0.15, 0.2) is 0 Å². The van der Waals surface area contributed by atoms with E-state index in [1.54, 1.807) is 16.8 Å². The van der Waals surface area contributed by atoms with Crippen LogP contribution in [-0.2, 0) is 11.3 Å². The van der Waals surface area contributed by atoms with E-state index in [-0.39, 0.29) is 11.5 Å². The molecule has 100 valence electrons. The van der Waals surface area contributed by atoms with Crippen LogP contribution in [0.15, 0.2) is 27.6 Å². The number of halogens is 1. The molecule has 1 aromatic rings. The maximum Gasteiger partial charge on any atom is 0.250 e. The fourth-order valence-corrected chi connectivity index (χ4v) is 1.92. The normalized spacial score (nSPS) is 10.3. The lowest BCUT2D eigenvalue weighted by atomic mass is 10.2. The van der Waals surface area contributed by atoms with Crippen molar-refractivity contribution in [2.24, 2.45) is 5.73 Å². The minimum absolute atomic E-state index is 0.0158. The Hall–Kier alpha value is -1.14. The first kappa shape index (κ1) is 14.9. The molecule has 1 heterocycles. The number of carbonyl (C=O) groups excluding carboxylic acids is 1. The van der Waals surface area contributed by atoms with E-state index in [9.17, 15) is 9.59 Å². The van der Waals surface area contributed by atoms with Crippen LogP contribution in [0, 0.1) is 0 Å². The molecule has 3 N–H and O–H groups in total. The first-order chi connectivity index (χ1) is 8.63. The molecule has 0 aliphatic rings. The van der Waals surface area contributed by atoms with Gasteiger partial charge in [-0.1, -0.05) is 0 Å². The molecule has 0 atom stereocenters. The van der Waals surface area contributed by atoms with Crippen LogP contribution in [0.4, 0.5) is 0 Å². The fourth-order valence-electron chi connectivity index (χ4n) is 1.54. The summed E-state index contributed by atoms with van der Waals surface area (Å²) in [6.07, 6.45) is 3.79. The van der Waals surface area contributed by atoms with E-state index in [1.807, 2.05) is 0 Å². The largest absolute Gasteiger partial charge is 0.355 e. The molecule has 1 amide bonds. The van der Waals surface area contributed by atoms with Gasteiger partial charge in [-0.3, -0.25) is 9.59 Å². The van der Waals surface area contributed by atoms with Crippen molar-refractivity contribution in [3.05, 3.63) is 33.2 Å². The highest BCUT2D eigenvalue weighted by Gasteiger charge is 2.01. The molecule has 0 bridgehead atoms. The standard InChI is InChI=1S/C12H18BrN3O2/c13-10-4-5-12(18)16(9-10)8-2-1-3-11(17)15-7-6-14/h4-5,9H,1-3,6-8,14H2,(H,15,17). The van der Waals surface area contributed by atoms with Gasteiger partial charge in [0.05, 0.1) is 0 Å². The van der Waals surface area contributed by atoms with Crippen LogP contribution in [0.25, 0.3) is 0 Å². The molecule has 0 radical (unpaired) electrons. The quantitative estimate of drug-likeness (QED) is 0.732. The predicted molar refractivity (Wildman–Crippen MR) is 74.3 cm³/mol. The molecular weight excluding hydrogens is 298 g/mol. The number of nitrogens with two attached hydrogens (primary N) is 1. The zero-order chi connectivity index (χ0) is 13.4. The first-order valence-corrected chi connectivity index (χ1v) is 6.75. The molecule has 0 saturated carbocycles. The molecule has 5 nitrogen and oxygen atoms in total. The lowest BCUT2D eigenvalue weighted by molar-refractivity contribution is -0.121. The summed E-state index contributed by atoms with van der Waals surface area (Å²) < 4.78 is 2.52. The van der Waals surface area contributed by atoms with Gasteiger partial charge in [-0.25, -0.2) is 0 Å². The number of hydrogen-bond donors (Lipinski definition) is 2. The van der Waals surface area contributed by atoms with Gasteiger partial charge in [0.1, 0.15) is 0 Å². The van der Waals surface area contributed by atoms with Crippen LogP contribution < -0.4 is 16.6 Å². The second-order valence-electron chi connectivity index (χ2n) is 3.97. The number of carbonyl (C=O) groups is 1. The summed E-state index contributed by atoms with van der Waals surface area (Å²) in [5.41, 5.74) is 5.26. The monoisotopic (exact) mass is 315 g/mol. The van der Waals surface area contributed by atoms with Gasteiger partial charge in [0.2, 0.25) is 5.91 Å². The Kier molecular flexibility index (Phi) is 6.67. The Morgan fingerprint density at radius 3 is 2.89 bits per heavy atom. The number of nitrogens with zero attached hydrogens (tertiary/aromatic N) is 1. The smallest absolute Gasteiger partial charge is 0.250 e. The van der Waals surface area contributed by atoms with Crippen molar-refractivity contribution in [2.75, 3.05) is 13.1 Å². The maximum absolute atomic E-state index is 11.5. The van der Waals surface area contributed by atoms with Gasteiger partial charge < -0.3 is 15.6 Å². The highest BCUT2D eigenvalue weighted by atomic mass is 79.9. The highest BCUT2D eigenvalue weighted by Crippen LogP contribution is 2.06. The molecule has 6 heteroatoms. The van der Waals surface area contributed by atoms with Crippen LogP contribution in [0.1, 0.15) is 19.3 Å². The highest BCUT2D eigenvalue weighted by molar-refractivity contribution is 9.10. The van der Waals surface area contributed by atoms with Gasteiger partial charge in [-0.2, -0.15) is 0 Å². The summed E-state index contributed by atoms with van der Waals surface area (Å²) in [5.74, 6) is 0.0158. The summed E-state index contributed by atoms with van der Waals surface area (Å²) in [6, 6.07) is 3.25. The summed E-state index contributed by atoms with van der Waals surface area (Å²) >= 11 is 3.32. The third-order valence-electron chi connectivity index (χ3n) is 2.47. The molecule has 0 unspecified atom stereocenters. The zero-order valence-corrected chi connectivity index (χ0v) is 11.8. The van der Waals surface area contributed by atoms with Gasteiger partial charge in [0.25, 0.3) is 5.56 Å². The molecule has 0 aliphatic heterocycles. The van der Waals surface area contributed by atoms with Crippen LogP contribution in [-0.4, -0.2) is 23.6 Å². The molecule has 0 aromatic carbocycles. The minimum atomic E-state index is -0.0224. The summed E-state index contributed by atoms with van der Waals surface area (Å²) in [5, 5.41) is 2.71. The Balaban J connectivity index is 2.27. The number of aryl methyl sites for hydroxylation is 1. The Bertz CT molecular complexity index is 445. The van der Waals surface area contributed by atoms with Crippen molar-refractivity contribution in [3.63, 3.8) is 0 Å². The van der Waals surface area contributed by atoms with Crippen molar-refractivity contribution in [2.45, 2.75) is 25.8 Å². The van der Waals surface area contributed by atoms with Crippen molar-refractivity contribution < 1.29 is 4.79 Å².